The second-order valence-corrected chi connectivity index (χ2v) is 4.50. The molecule has 0 spiro atoms. The van der Waals surface area contributed by atoms with Gasteiger partial charge in [-0.05, 0) is 37.6 Å². The molecule has 1 aromatic heterocycles. The fourth-order valence-electron chi connectivity index (χ4n) is 1.78. The molecule has 3 heteroatoms. The molecule has 1 unspecified atom stereocenters. The molecule has 0 bridgehead atoms. The number of rotatable bonds is 6. The number of hydrogen-bond donors (Lipinski definition) is 2. The summed E-state index contributed by atoms with van der Waals surface area (Å²) in [6, 6.07) is 4.14. The van der Waals surface area contributed by atoms with Crippen molar-refractivity contribution in [1.82, 2.24) is 10.3 Å². The predicted molar refractivity (Wildman–Crippen MR) is 66.3 cm³/mol. The van der Waals surface area contributed by atoms with Crippen LogP contribution in [0.1, 0.15) is 13.8 Å². The number of aromatic nitrogens is 1. The minimum Gasteiger partial charge on any atom is -0.361 e. The molecule has 0 aliphatic carbocycles. The number of H-pyrrole nitrogens is 1. The summed E-state index contributed by atoms with van der Waals surface area (Å²) in [4.78, 5) is 5.51. The van der Waals surface area contributed by atoms with E-state index >= 15 is 0 Å². The number of anilines is 1. The molecule has 1 aromatic rings. The molecule has 2 N–H and O–H groups in total. The van der Waals surface area contributed by atoms with Crippen LogP contribution in [0.15, 0.2) is 18.3 Å². The first-order valence-corrected chi connectivity index (χ1v) is 5.64. The summed E-state index contributed by atoms with van der Waals surface area (Å²) in [5, 5.41) is 3.26. The fourth-order valence-corrected chi connectivity index (χ4v) is 1.78. The van der Waals surface area contributed by atoms with Gasteiger partial charge in [-0.1, -0.05) is 13.8 Å². The van der Waals surface area contributed by atoms with E-state index in [1.54, 1.807) is 0 Å². The van der Waals surface area contributed by atoms with Crippen LogP contribution in [0, 0.1) is 11.8 Å². The third-order valence-electron chi connectivity index (χ3n) is 2.91. The molecule has 1 heterocycles. The Morgan fingerprint density at radius 3 is 2.67 bits per heavy atom. The third-order valence-corrected chi connectivity index (χ3v) is 2.91. The maximum absolute atomic E-state index is 3.26. The molecule has 0 fully saturated rings. The summed E-state index contributed by atoms with van der Waals surface area (Å²) in [6.07, 6.45) is 1.97. The van der Waals surface area contributed by atoms with E-state index in [0.29, 0.717) is 11.8 Å². The highest BCUT2D eigenvalue weighted by Crippen LogP contribution is 2.15. The smallest absolute Gasteiger partial charge is 0.105 e. The molecular formula is C12H23N3. The summed E-state index contributed by atoms with van der Waals surface area (Å²) < 4.78 is 0. The van der Waals surface area contributed by atoms with Crippen LogP contribution in [0.3, 0.4) is 0 Å². The van der Waals surface area contributed by atoms with E-state index in [-0.39, 0.29) is 0 Å². The van der Waals surface area contributed by atoms with Crippen LogP contribution in [0.2, 0.25) is 0 Å². The van der Waals surface area contributed by atoms with Gasteiger partial charge in [-0.25, -0.2) is 0 Å². The lowest BCUT2D eigenvalue weighted by Gasteiger charge is -2.27. The molecule has 86 valence electrons. The summed E-state index contributed by atoms with van der Waals surface area (Å²) in [5.74, 6) is 2.58. The second-order valence-electron chi connectivity index (χ2n) is 4.50. The lowest BCUT2D eigenvalue weighted by molar-refractivity contribution is 0.376. The van der Waals surface area contributed by atoms with Crippen LogP contribution >= 0.6 is 0 Å². The molecule has 0 amide bonds. The summed E-state index contributed by atoms with van der Waals surface area (Å²) >= 11 is 0. The van der Waals surface area contributed by atoms with E-state index in [1.807, 2.05) is 19.3 Å². The van der Waals surface area contributed by atoms with Gasteiger partial charge in [0.2, 0.25) is 0 Å². The summed E-state index contributed by atoms with van der Waals surface area (Å²) in [7, 11) is 4.15. The van der Waals surface area contributed by atoms with E-state index in [1.165, 1.54) is 5.82 Å². The number of nitrogens with one attached hydrogen (secondary N) is 2. The van der Waals surface area contributed by atoms with E-state index in [0.717, 1.165) is 13.1 Å². The standard InChI is InChI=1S/C12H23N3/c1-10(2)11(8-13-3)9-15(4)12-6-5-7-14-12/h5-7,10-11,13-14H,8-9H2,1-4H3. The van der Waals surface area contributed by atoms with Crippen molar-refractivity contribution in [3.05, 3.63) is 18.3 Å². The van der Waals surface area contributed by atoms with Gasteiger partial charge >= 0.3 is 0 Å². The van der Waals surface area contributed by atoms with Crippen molar-refractivity contribution >= 4 is 5.82 Å². The molecule has 0 aromatic carbocycles. The van der Waals surface area contributed by atoms with Gasteiger partial charge in [0, 0.05) is 19.8 Å². The number of hydrogen-bond acceptors (Lipinski definition) is 2. The highest BCUT2D eigenvalue weighted by molar-refractivity contribution is 5.37. The Labute approximate surface area is 92.9 Å². The molecule has 0 aliphatic rings. The Morgan fingerprint density at radius 2 is 2.20 bits per heavy atom. The van der Waals surface area contributed by atoms with Crippen molar-refractivity contribution in [3.8, 4) is 0 Å². The Hall–Kier alpha value is -0.960. The van der Waals surface area contributed by atoms with E-state index < -0.39 is 0 Å². The third kappa shape index (κ3) is 3.59. The lowest BCUT2D eigenvalue weighted by Crippen LogP contribution is -2.34. The average Bonchev–Trinajstić information content (AvgIpc) is 2.69. The Bertz CT molecular complexity index is 254. The molecular weight excluding hydrogens is 186 g/mol. The van der Waals surface area contributed by atoms with Gasteiger partial charge in [0.25, 0.3) is 0 Å². The minimum atomic E-state index is 0.684. The molecule has 15 heavy (non-hydrogen) atoms. The van der Waals surface area contributed by atoms with Crippen molar-refractivity contribution in [2.45, 2.75) is 13.8 Å². The summed E-state index contributed by atoms with van der Waals surface area (Å²) in [5.41, 5.74) is 0. The molecule has 1 rings (SSSR count). The molecule has 0 radical (unpaired) electrons. The van der Waals surface area contributed by atoms with Crippen molar-refractivity contribution in [1.29, 1.82) is 0 Å². The molecule has 3 nitrogen and oxygen atoms in total. The first-order chi connectivity index (χ1) is 7.15. The largest absolute Gasteiger partial charge is 0.361 e. The van der Waals surface area contributed by atoms with Crippen molar-refractivity contribution in [3.63, 3.8) is 0 Å². The normalized spacial score (nSPS) is 13.1. The van der Waals surface area contributed by atoms with Crippen molar-refractivity contribution in [2.75, 3.05) is 32.1 Å². The van der Waals surface area contributed by atoms with Crippen LogP contribution in [0.5, 0.6) is 0 Å². The van der Waals surface area contributed by atoms with Crippen LogP contribution in [-0.4, -0.2) is 32.2 Å². The van der Waals surface area contributed by atoms with E-state index in [4.69, 9.17) is 0 Å². The van der Waals surface area contributed by atoms with Gasteiger partial charge in [0.1, 0.15) is 5.82 Å². The fraction of sp³-hybridized carbons (Fsp3) is 0.667. The number of nitrogens with zero attached hydrogens (tertiary/aromatic N) is 1. The first-order valence-electron chi connectivity index (χ1n) is 5.64. The predicted octanol–water partition coefficient (Wildman–Crippen LogP) is 1.94. The quantitative estimate of drug-likeness (QED) is 0.750. The Balaban J connectivity index is 2.50. The van der Waals surface area contributed by atoms with Crippen LogP contribution in [-0.2, 0) is 0 Å². The Kier molecular flexibility index (Phi) is 4.69. The van der Waals surface area contributed by atoms with Gasteiger partial charge in [-0.15, -0.1) is 0 Å². The van der Waals surface area contributed by atoms with Crippen molar-refractivity contribution in [2.24, 2.45) is 11.8 Å². The number of aromatic amines is 1. The zero-order valence-electron chi connectivity index (χ0n) is 10.2. The zero-order valence-corrected chi connectivity index (χ0v) is 10.2. The van der Waals surface area contributed by atoms with Gasteiger partial charge < -0.3 is 15.2 Å². The van der Waals surface area contributed by atoms with Gasteiger partial charge in [-0.3, -0.25) is 0 Å². The SMILES string of the molecule is CNCC(CN(C)c1ccc[nH]1)C(C)C. The highest BCUT2D eigenvalue weighted by Gasteiger charge is 2.15. The monoisotopic (exact) mass is 209 g/mol. The Morgan fingerprint density at radius 1 is 1.47 bits per heavy atom. The van der Waals surface area contributed by atoms with Crippen LogP contribution in [0.4, 0.5) is 5.82 Å². The van der Waals surface area contributed by atoms with Crippen LogP contribution in [0.25, 0.3) is 0 Å². The second kappa shape index (κ2) is 5.81. The molecule has 1 atom stereocenters. The molecule has 0 aliphatic heterocycles. The van der Waals surface area contributed by atoms with Gasteiger partial charge in [-0.2, -0.15) is 0 Å². The van der Waals surface area contributed by atoms with E-state index in [2.05, 4.69) is 42.2 Å². The minimum absolute atomic E-state index is 0.684. The van der Waals surface area contributed by atoms with E-state index in [9.17, 15) is 0 Å². The van der Waals surface area contributed by atoms with Crippen molar-refractivity contribution < 1.29 is 0 Å². The first kappa shape index (κ1) is 12.1. The maximum Gasteiger partial charge on any atom is 0.105 e. The lowest BCUT2D eigenvalue weighted by atomic mass is 9.95. The summed E-state index contributed by atoms with van der Waals surface area (Å²) in [6.45, 7) is 6.72. The maximum atomic E-state index is 3.26. The molecule has 0 saturated carbocycles. The zero-order chi connectivity index (χ0) is 11.3. The van der Waals surface area contributed by atoms with Gasteiger partial charge in [0.05, 0.1) is 0 Å². The highest BCUT2D eigenvalue weighted by atomic mass is 15.2. The molecule has 0 saturated heterocycles. The van der Waals surface area contributed by atoms with Crippen LogP contribution < -0.4 is 10.2 Å². The average molecular weight is 209 g/mol. The topological polar surface area (TPSA) is 31.1 Å². The van der Waals surface area contributed by atoms with Gasteiger partial charge in [0.15, 0.2) is 0 Å².